The Morgan fingerprint density at radius 1 is 1.42 bits per heavy atom. The molecule has 98 valence electrons. The molecule has 0 N–H and O–H groups in total. The molecular weight excluding hydrogens is 242 g/mol. The van der Waals surface area contributed by atoms with Gasteiger partial charge in [0.25, 0.3) is 0 Å². The minimum atomic E-state index is 0.0374. The number of carbonyl (C=O) groups is 1. The van der Waals surface area contributed by atoms with Crippen molar-refractivity contribution >= 4 is 11.6 Å². The molecule has 2 aromatic rings. The number of hydrogen-bond acceptors (Lipinski definition) is 4. The Morgan fingerprint density at radius 2 is 2.21 bits per heavy atom. The first-order valence-corrected chi connectivity index (χ1v) is 6.28. The van der Waals surface area contributed by atoms with E-state index in [2.05, 4.69) is 28.5 Å². The molecule has 1 aromatic carbocycles. The highest BCUT2D eigenvalue weighted by Crippen LogP contribution is 2.32. The summed E-state index contributed by atoms with van der Waals surface area (Å²) < 4.78 is 1.53. The largest absolute Gasteiger partial charge is 0.309 e. The lowest BCUT2D eigenvalue weighted by Gasteiger charge is -2.22. The monoisotopic (exact) mass is 257 g/mol. The molecule has 1 unspecified atom stereocenters. The van der Waals surface area contributed by atoms with E-state index in [-0.39, 0.29) is 18.4 Å². The van der Waals surface area contributed by atoms with Crippen LogP contribution < -0.4 is 4.90 Å². The maximum absolute atomic E-state index is 12.5. The number of carbonyl (C=O) groups excluding carboxylic acids is 1. The van der Waals surface area contributed by atoms with Crippen molar-refractivity contribution in [2.45, 2.75) is 25.8 Å². The third-order valence-electron chi connectivity index (χ3n) is 3.49. The standard InChI is InChI=1S/C13H15N5O/c1-9-7-10-5-3-4-6-11(10)18(9)13(19)8-12-14-15-16-17(12)2/h3-6,9H,7-8H2,1-2H3. The van der Waals surface area contributed by atoms with Crippen LogP contribution in [0.25, 0.3) is 0 Å². The molecule has 0 aliphatic carbocycles. The summed E-state index contributed by atoms with van der Waals surface area (Å²) in [6.45, 7) is 2.06. The van der Waals surface area contributed by atoms with Gasteiger partial charge in [-0.1, -0.05) is 18.2 Å². The molecule has 1 aliphatic heterocycles. The van der Waals surface area contributed by atoms with Gasteiger partial charge in [0.2, 0.25) is 5.91 Å². The molecule has 3 rings (SSSR count). The topological polar surface area (TPSA) is 63.9 Å². The van der Waals surface area contributed by atoms with Gasteiger partial charge in [0, 0.05) is 18.8 Å². The van der Waals surface area contributed by atoms with Crippen LogP contribution in [0.1, 0.15) is 18.3 Å². The minimum absolute atomic E-state index is 0.0374. The first-order valence-electron chi connectivity index (χ1n) is 6.28. The summed E-state index contributed by atoms with van der Waals surface area (Å²) in [6.07, 6.45) is 1.13. The molecule has 0 spiro atoms. The Kier molecular flexibility index (Phi) is 2.77. The number of rotatable bonds is 2. The molecule has 1 amide bonds. The number of anilines is 1. The smallest absolute Gasteiger partial charge is 0.234 e. The molecule has 2 heterocycles. The van der Waals surface area contributed by atoms with Gasteiger partial charge in [-0.3, -0.25) is 4.79 Å². The Morgan fingerprint density at radius 3 is 2.95 bits per heavy atom. The van der Waals surface area contributed by atoms with E-state index in [9.17, 15) is 4.79 Å². The molecule has 0 saturated carbocycles. The molecule has 0 fully saturated rings. The zero-order chi connectivity index (χ0) is 13.4. The van der Waals surface area contributed by atoms with Gasteiger partial charge in [0.05, 0.1) is 6.42 Å². The van der Waals surface area contributed by atoms with E-state index in [0.29, 0.717) is 5.82 Å². The van der Waals surface area contributed by atoms with Crippen molar-refractivity contribution in [3.05, 3.63) is 35.7 Å². The fraction of sp³-hybridized carbons (Fsp3) is 0.385. The minimum Gasteiger partial charge on any atom is -0.309 e. The van der Waals surface area contributed by atoms with Crippen LogP contribution in [0.4, 0.5) is 5.69 Å². The van der Waals surface area contributed by atoms with Crippen LogP contribution in [-0.2, 0) is 24.7 Å². The van der Waals surface area contributed by atoms with Gasteiger partial charge in [-0.05, 0) is 35.4 Å². The molecule has 1 atom stereocenters. The third-order valence-corrected chi connectivity index (χ3v) is 3.49. The van der Waals surface area contributed by atoms with Crippen LogP contribution in [0, 0.1) is 0 Å². The second-order valence-corrected chi connectivity index (χ2v) is 4.84. The molecule has 0 radical (unpaired) electrons. The normalized spacial score (nSPS) is 17.6. The van der Waals surface area contributed by atoms with Crippen LogP contribution in [-0.4, -0.2) is 32.2 Å². The van der Waals surface area contributed by atoms with Crippen LogP contribution in [0.2, 0.25) is 0 Å². The Labute approximate surface area is 111 Å². The van der Waals surface area contributed by atoms with E-state index in [4.69, 9.17) is 0 Å². The first kappa shape index (κ1) is 11.8. The average molecular weight is 257 g/mol. The number of aromatic nitrogens is 4. The molecular formula is C13H15N5O. The van der Waals surface area contributed by atoms with E-state index in [1.54, 1.807) is 7.05 Å². The molecule has 6 nitrogen and oxygen atoms in total. The highest BCUT2D eigenvalue weighted by atomic mass is 16.2. The highest BCUT2D eigenvalue weighted by molar-refractivity contribution is 5.97. The van der Waals surface area contributed by atoms with Crippen LogP contribution in [0.15, 0.2) is 24.3 Å². The summed E-state index contributed by atoms with van der Waals surface area (Å²) in [6, 6.07) is 8.22. The Balaban J connectivity index is 1.86. The van der Waals surface area contributed by atoms with Crippen molar-refractivity contribution in [3.63, 3.8) is 0 Å². The van der Waals surface area contributed by atoms with Crippen LogP contribution in [0.5, 0.6) is 0 Å². The van der Waals surface area contributed by atoms with E-state index in [0.717, 1.165) is 12.1 Å². The van der Waals surface area contributed by atoms with Gasteiger partial charge in [0.15, 0.2) is 5.82 Å². The highest BCUT2D eigenvalue weighted by Gasteiger charge is 2.31. The van der Waals surface area contributed by atoms with Gasteiger partial charge in [0.1, 0.15) is 0 Å². The third kappa shape index (κ3) is 1.99. The molecule has 1 aliphatic rings. The van der Waals surface area contributed by atoms with Gasteiger partial charge in [-0.25, -0.2) is 4.68 Å². The van der Waals surface area contributed by atoms with Gasteiger partial charge < -0.3 is 4.90 Å². The van der Waals surface area contributed by atoms with E-state index in [1.807, 2.05) is 23.1 Å². The summed E-state index contributed by atoms with van der Waals surface area (Å²) >= 11 is 0. The van der Waals surface area contributed by atoms with Crippen molar-refractivity contribution in [2.75, 3.05) is 4.90 Å². The van der Waals surface area contributed by atoms with Gasteiger partial charge >= 0.3 is 0 Å². The number of para-hydroxylation sites is 1. The molecule has 19 heavy (non-hydrogen) atoms. The van der Waals surface area contributed by atoms with Crippen molar-refractivity contribution in [3.8, 4) is 0 Å². The molecule has 6 heteroatoms. The number of tetrazole rings is 1. The summed E-state index contributed by atoms with van der Waals surface area (Å²) in [5.41, 5.74) is 2.23. The lowest BCUT2D eigenvalue weighted by Crippen LogP contribution is -2.37. The number of amides is 1. The summed E-state index contributed by atoms with van der Waals surface area (Å²) in [4.78, 5) is 14.3. The lowest BCUT2D eigenvalue weighted by molar-refractivity contribution is -0.118. The summed E-state index contributed by atoms with van der Waals surface area (Å²) in [5, 5.41) is 11.2. The Hall–Kier alpha value is -2.24. The number of aryl methyl sites for hydroxylation is 1. The quantitative estimate of drug-likeness (QED) is 0.795. The van der Waals surface area contributed by atoms with Gasteiger partial charge in [-0.15, -0.1) is 5.10 Å². The van der Waals surface area contributed by atoms with Crippen molar-refractivity contribution in [2.24, 2.45) is 7.05 Å². The number of fused-ring (bicyclic) bond motifs is 1. The fourth-order valence-corrected chi connectivity index (χ4v) is 2.56. The van der Waals surface area contributed by atoms with Crippen molar-refractivity contribution in [1.82, 2.24) is 20.2 Å². The second-order valence-electron chi connectivity index (χ2n) is 4.84. The zero-order valence-corrected chi connectivity index (χ0v) is 10.9. The van der Waals surface area contributed by atoms with E-state index >= 15 is 0 Å². The summed E-state index contributed by atoms with van der Waals surface area (Å²) in [5.74, 6) is 0.622. The van der Waals surface area contributed by atoms with E-state index < -0.39 is 0 Å². The van der Waals surface area contributed by atoms with Crippen molar-refractivity contribution < 1.29 is 4.79 Å². The maximum Gasteiger partial charge on any atom is 0.234 e. The SMILES string of the molecule is CC1Cc2ccccc2N1C(=O)Cc1nnnn1C. The maximum atomic E-state index is 12.5. The number of nitrogens with zero attached hydrogens (tertiary/aromatic N) is 5. The van der Waals surface area contributed by atoms with E-state index in [1.165, 1.54) is 10.2 Å². The fourth-order valence-electron chi connectivity index (χ4n) is 2.56. The Bertz CT molecular complexity index is 621. The second kappa shape index (κ2) is 4.46. The molecule has 0 bridgehead atoms. The number of benzene rings is 1. The van der Waals surface area contributed by atoms with Gasteiger partial charge in [-0.2, -0.15) is 0 Å². The molecule has 0 saturated heterocycles. The average Bonchev–Trinajstić information content (AvgIpc) is 2.92. The summed E-state index contributed by atoms with van der Waals surface area (Å²) in [7, 11) is 1.74. The van der Waals surface area contributed by atoms with Crippen LogP contribution >= 0.6 is 0 Å². The predicted molar refractivity (Wildman–Crippen MR) is 69.6 cm³/mol. The zero-order valence-electron chi connectivity index (χ0n) is 10.9. The number of hydrogen-bond donors (Lipinski definition) is 0. The lowest BCUT2D eigenvalue weighted by atomic mass is 10.1. The molecule has 1 aromatic heterocycles. The van der Waals surface area contributed by atoms with Crippen molar-refractivity contribution in [1.29, 1.82) is 0 Å². The predicted octanol–water partition coefficient (Wildman–Crippen LogP) is 0.730. The van der Waals surface area contributed by atoms with Crippen LogP contribution in [0.3, 0.4) is 0 Å². The first-order chi connectivity index (χ1) is 9.16.